The number of aryl methyl sites for hydroxylation is 1. The second-order valence-electron chi connectivity index (χ2n) is 4.53. The molecule has 1 aromatic carbocycles. The molecule has 2 heterocycles. The molecule has 0 unspecified atom stereocenters. The third kappa shape index (κ3) is 1.82. The average molecular weight is 251 g/mol. The average Bonchev–Trinajstić information content (AvgIpc) is 2.81. The summed E-state index contributed by atoms with van der Waals surface area (Å²) in [5.74, 6) is 0.759. The van der Waals surface area contributed by atoms with Gasteiger partial charge in [0.05, 0.1) is 5.52 Å². The first-order valence-electron chi connectivity index (χ1n) is 6.75. The molecule has 0 spiro atoms. The summed E-state index contributed by atoms with van der Waals surface area (Å²) < 4.78 is 2.19. The van der Waals surface area contributed by atoms with Crippen LogP contribution in [0, 0.1) is 0 Å². The molecule has 0 N–H and O–H groups in total. The molecule has 0 atom stereocenters. The van der Waals surface area contributed by atoms with Crippen molar-refractivity contribution in [2.75, 3.05) is 0 Å². The van der Waals surface area contributed by atoms with Gasteiger partial charge in [-0.1, -0.05) is 32.0 Å². The molecule has 0 saturated heterocycles. The third-order valence-electron chi connectivity index (χ3n) is 3.53. The molecule has 19 heavy (non-hydrogen) atoms. The Labute approximate surface area is 112 Å². The van der Waals surface area contributed by atoms with E-state index in [1.54, 1.807) is 12.4 Å². The Bertz CT molecular complexity index is 699. The van der Waals surface area contributed by atoms with Gasteiger partial charge >= 0.3 is 0 Å². The van der Waals surface area contributed by atoms with Crippen LogP contribution in [0.25, 0.3) is 16.9 Å². The molecule has 0 fully saturated rings. The molecular weight excluding hydrogens is 234 g/mol. The first-order chi connectivity index (χ1) is 9.36. The fourth-order valence-corrected chi connectivity index (χ4v) is 2.76. The van der Waals surface area contributed by atoms with Gasteiger partial charge in [-0.25, -0.2) is 9.97 Å². The summed E-state index contributed by atoms with van der Waals surface area (Å²) in [5.41, 5.74) is 3.92. The second-order valence-corrected chi connectivity index (χ2v) is 4.53. The molecular formula is C16H17N3. The summed E-state index contributed by atoms with van der Waals surface area (Å²) in [5, 5.41) is 1.31. The highest BCUT2D eigenvalue weighted by Crippen LogP contribution is 2.29. The Hall–Kier alpha value is -2.16. The molecule has 3 heteroatoms. The van der Waals surface area contributed by atoms with Gasteiger partial charge in [0.25, 0.3) is 0 Å². The number of nitrogens with zero attached hydrogens (tertiary/aromatic N) is 3. The van der Waals surface area contributed by atoms with Gasteiger partial charge in [0.2, 0.25) is 5.95 Å². The maximum atomic E-state index is 4.41. The lowest BCUT2D eigenvalue weighted by Crippen LogP contribution is -2.04. The SMILES string of the molecule is CCc1c(CC)n(-c2ncccn2)c2ccccc12. The Kier molecular flexibility index (Phi) is 3.03. The van der Waals surface area contributed by atoms with E-state index in [0.717, 1.165) is 18.8 Å². The molecule has 3 rings (SSSR count). The fourth-order valence-electron chi connectivity index (χ4n) is 2.76. The maximum absolute atomic E-state index is 4.41. The standard InChI is InChI=1S/C16H17N3/c1-3-12-13-8-5-6-9-15(13)19(14(12)4-2)16-17-10-7-11-18-16/h5-11H,3-4H2,1-2H3. The minimum atomic E-state index is 0.759. The smallest absolute Gasteiger partial charge is 0.234 e. The summed E-state index contributed by atoms with van der Waals surface area (Å²) in [6.45, 7) is 4.39. The highest BCUT2D eigenvalue weighted by atomic mass is 15.2. The van der Waals surface area contributed by atoms with E-state index in [9.17, 15) is 0 Å². The summed E-state index contributed by atoms with van der Waals surface area (Å²) in [7, 11) is 0. The first-order valence-corrected chi connectivity index (χ1v) is 6.75. The zero-order chi connectivity index (χ0) is 13.2. The summed E-state index contributed by atoms with van der Waals surface area (Å²) in [4.78, 5) is 8.81. The van der Waals surface area contributed by atoms with Crippen molar-refractivity contribution < 1.29 is 0 Å². The molecule has 0 aliphatic heterocycles. The third-order valence-corrected chi connectivity index (χ3v) is 3.53. The summed E-state index contributed by atoms with van der Waals surface area (Å²) >= 11 is 0. The molecule has 0 radical (unpaired) electrons. The minimum absolute atomic E-state index is 0.759. The van der Waals surface area contributed by atoms with Crippen LogP contribution < -0.4 is 0 Å². The van der Waals surface area contributed by atoms with Crippen LogP contribution in [-0.2, 0) is 12.8 Å². The van der Waals surface area contributed by atoms with E-state index >= 15 is 0 Å². The highest BCUT2D eigenvalue weighted by molar-refractivity contribution is 5.86. The lowest BCUT2D eigenvalue weighted by molar-refractivity contribution is 0.868. The molecule has 0 bridgehead atoms. The minimum Gasteiger partial charge on any atom is -0.282 e. The van der Waals surface area contributed by atoms with Crippen LogP contribution in [0.4, 0.5) is 0 Å². The van der Waals surface area contributed by atoms with Gasteiger partial charge in [0, 0.05) is 23.5 Å². The number of aromatic nitrogens is 3. The number of para-hydroxylation sites is 1. The number of benzene rings is 1. The van der Waals surface area contributed by atoms with Crippen molar-refractivity contribution >= 4 is 10.9 Å². The van der Waals surface area contributed by atoms with Crippen LogP contribution in [0.5, 0.6) is 0 Å². The van der Waals surface area contributed by atoms with Gasteiger partial charge in [-0.3, -0.25) is 4.57 Å². The van der Waals surface area contributed by atoms with Gasteiger partial charge in [0.15, 0.2) is 0 Å². The van der Waals surface area contributed by atoms with Crippen LogP contribution in [-0.4, -0.2) is 14.5 Å². The maximum Gasteiger partial charge on any atom is 0.234 e. The van der Waals surface area contributed by atoms with Gasteiger partial charge in [-0.05, 0) is 30.5 Å². The highest BCUT2D eigenvalue weighted by Gasteiger charge is 2.16. The molecule has 3 aromatic rings. The van der Waals surface area contributed by atoms with Gasteiger partial charge in [-0.2, -0.15) is 0 Å². The predicted octanol–water partition coefficient (Wildman–Crippen LogP) is 3.55. The van der Waals surface area contributed by atoms with Crippen LogP contribution in [0.1, 0.15) is 25.1 Å². The first kappa shape index (κ1) is 11.9. The van der Waals surface area contributed by atoms with Gasteiger partial charge in [-0.15, -0.1) is 0 Å². The summed E-state index contributed by atoms with van der Waals surface area (Å²) in [6.07, 6.45) is 5.60. The van der Waals surface area contributed by atoms with Crippen molar-refractivity contribution in [2.24, 2.45) is 0 Å². The quantitative estimate of drug-likeness (QED) is 0.712. The molecule has 0 amide bonds. The molecule has 0 aliphatic carbocycles. The van der Waals surface area contributed by atoms with E-state index in [1.807, 2.05) is 6.07 Å². The molecule has 3 nitrogen and oxygen atoms in total. The number of rotatable bonds is 3. The molecule has 0 aliphatic rings. The lowest BCUT2D eigenvalue weighted by Gasteiger charge is -2.08. The molecule has 96 valence electrons. The van der Waals surface area contributed by atoms with Crippen LogP contribution in [0.2, 0.25) is 0 Å². The Morgan fingerprint density at radius 3 is 2.37 bits per heavy atom. The fraction of sp³-hybridized carbons (Fsp3) is 0.250. The van der Waals surface area contributed by atoms with Gasteiger partial charge in [0.1, 0.15) is 0 Å². The van der Waals surface area contributed by atoms with Crippen molar-refractivity contribution in [3.63, 3.8) is 0 Å². The predicted molar refractivity (Wildman–Crippen MR) is 77.6 cm³/mol. The van der Waals surface area contributed by atoms with E-state index in [2.05, 4.69) is 52.6 Å². The van der Waals surface area contributed by atoms with E-state index in [-0.39, 0.29) is 0 Å². The lowest BCUT2D eigenvalue weighted by atomic mass is 10.1. The molecule has 0 saturated carbocycles. The van der Waals surface area contributed by atoms with E-state index < -0.39 is 0 Å². The monoisotopic (exact) mass is 251 g/mol. The normalized spacial score (nSPS) is 11.1. The van der Waals surface area contributed by atoms with Crippen LogP contribution >= 0.6 is 0 Å². The van der Waals surface area contributed by atoms with Gasteiger partial charge < -0.3 is 0 Å². The van der Waals surface area contributed by atoms with Crippen LogP contribution in [0.15, 0.2) is 42.7 Å². The second kappa shape index (κ2) is 4.84. The van der Waals surface area contributed by atoms with Crippen molar-refractivity contribution in [1.82, 2.24) is 14.5 Å². The Morgan fingerprint density at radius 1 is 0.947 bits per heavy atom. The zero-order valence-corrected chi connectivity index (χ0v) is 11.3. The topological polar surface area (TPSA) is 30.7 Å². The van der Waals surface area contributed by atoms with E-state index in [4.69, 9.17) is 0 Å². The van der Waals surface area contributed by atoms with Crippen molar-refractivity contribution in [3.05, 3.63) is 54.0 Å². The van der Waals surface area contributed by atoms with E-state index in [1.165, 1.54) is 22.2 Å². The number of hydrogen-bond donors (Lipinski definition) is 0. The summed E-state index contributed by atoms with van der Waals surface area (Å²) in [6, 6.07) is 10.3. The zero-order valence-electron chi connectivity index (χ0n) is 11.3. The number of fused-ring (bicyclic) bond motifs is 1. The Morgan fingerprint density at radius 2 is 1.68 bits per heavy atom. The number of hydrogen-bond acceptors (Lipinski definition) is 2. The molecule has 2 aromatic heterocycles. The van der Waals surface area contributed by atoms with E-state index in [0.29, 0.717) is 0 Å². The van der Waals surface area contributed by atoms with Crippen molar-refractivity contribution in [1.29, 1.82) is 0 Å². The van der Waals surface area contributed by atoms with Crippen molar-refractivity contribution in [3.8, 4) is 5.95 Å². The van der Waals surface area contributed by atoms with Crippen LogP contribution in [0.3, 0.4) is 0 Å². The van der Waals surface area contributed by atoms with Crippen molar-refractivity contribution in [2.45, 2.75) is 26.7 Å². The largest absolute Gasteiger partial charge is 0.282 e. The Balaban J connectivity index is 2.40.